The first-order chi connectivity index (χ1) is 6.11. The number of pyridine rings is 1. The Hall–Kier alpha value is -0.770. The average Bonchev–Trinajstić information content (AvgIpc) is 2.78. The molecule has 2 rings (SSSR count). The SMILES string of the molecule is CC1(Nc2c(N)cncc2Br)CC1. The van der Waals surface area contributed by atoms with Crippen LogP contribution in [0.5, 0.6) is 0 Å². The summed E-state index contributed by atoms with van der Waals surface area (Å²) in [6.07, 6.45) is 5.84. The van der Waals surface area contributed by atoms with Crippen molar-refractivity contribution in [3.8, 4) is 0 Å². The van der Waals surface area contributed by atoms with Crippen LogP contribution >= 0.6 is 15.9 Å². The molecule has 1 heterocycles. The zero-order valence-electron chi connectivity index (χ0n) is 7.47. The molecule has 70 valence electrons. The molecule has 1 aliphatic carbocycles. The van der Waals surface area contributed by atoms with Crippen molar-refractivity contribution in [1.29, 1.82) is 0 Å². The molecule has 13 heavy (non-hydrogen) atoms. The van der Waals surface area contributed by atoms with Crippen molar-refractivity contribution in [3.05, 3.63) is 16.9 Å². The van der Waals surface area contributed by atoms with Gasteiger partial charge in [-0.3, -0.25) is 4.98 Å². The minimum atomic E-state index is 0.248. The summed E-state index contributed by atoms with van der Waals surface area (Å²) in [5, 5.41) is 3.42. The molecule has 0 saturated heterocycles. The van der Waals surface area contributed by atoms with Crippen LogP contribution in [0, 0.1) is 0 Å². The van der Waals surface area contributed by atoms with Crippen LogP contribution in [0.3, 0.4) is 0 Å². The maximum atomic E-state index is 5.80. The molecule has 0 unspecified atom stereocenters. The Morgan fingerprint density at radius 3 is 2.77 bits per heavy atom. The number of rotatable bonds is 2. The van der Waals surface area contributed by atoms with Crippen molar-refractivity contribution < 1.29 is 0 Å². The van der Waals surface area contributed by atoms with E-state index < -0.39 is 0 Å². The summed E-state index contributed by atoms with van der Waals surface area (Å²) >= 11 is 3.42. The van der Waals surface area contributed by atoms with Crippen LogP contribution < -0.4 is 11.1 Å². The highest BCUT2D eigenvalue weighted by molar-refractivity contribution is 9.10. The van der Waals surface area contributed by atoms with Crippen molar-refractivity contribution in [2.24, 2.45) is 0 Å². The maximum absolute atomic E-state index is 5.80. The van der Waals surface area contributed by atoms with Crippen LogP contribution in [0.4, 0.5) is 11.4 Å². The van der Waals surface area contributed by atoms with Gasteiger partial charge in [-0.1, -0.05) is 0 Å². The van der Waals surface area contributed by atoms with Gasteiger partial charge < -0.3 is 11.1 Å². The van der Waals surface area contributed by atoms with Gasteiger partial charge in [0.1, 0.15) is 0 Å². The molecule has 4 heteroatoms. The largest absolute Gasteiger partial charge is 0.396 e. The van der Waals surface area contributed by atoms with Gasteiger partial charge >= 0.3 is 0 Å². The van der Waals surface area contributed by atoms with Crippen molar-refractivity contribution >= 4 is 27.3 Å². The Labute approximate surface area is 85.9 Å². The molecule has 0 aliphatic heterocycles. The predicted molar refractivity (Wildman–Crippen MR) is 57.6 cm³/mol. The lowest BCUT2D eigenvalue weighted by molar-refractivity contribution is 0.828. The molecule has 0 aromatic carbocycles. The number of hydrogen-bond acceptors (Lipinski definition) is 3. The molecular formula is C9H12BrN3. The van der Waals surface area contributed by atoms with Crippen molar-refractivity contribution in [2.45, 2.75) is 25.3 Å². The van der Waals surface area contributed by atoms with Gasteiger partial charge in [0.25, 0.3) is 0 Å². The summed E-state index contributed by atoms with van der Waals surface area (Å²) in [6.45, 7) is 2.19. The van der Waals surface area contributed by atoms with Crippen LogP contribution in [0.2, 0.25) is 0 Å². The number of nitrogen functional groups attached to an aromatic ring is 1. The first kappa shape index (κ1) is 8.81. The van der Waals surface area contributed by atoms with E-state index in [4.69, 9.17) is 5.73 Å². The van der Waals surface area contributed by atoms with E-state index in [1.165, 1.54) is 12.8 Å². The summed E-state index contributed by atoms with van der Waals surface area (Å²) in [5.74, 6) is 0. The van der Waals surface area contributed by atoms with Crippen LogP contribution in [0.1, 0.15) is 19.8 Å². The number of anilines is 2. The smallest absolute Gasteiger partial charge is 0.0754 e. The molecule has 1 aromatic heterocycles. The first-order valence-corrected chi connectivity index (χ1v) is 5.07. The molecule has 1 aromatic rings. The number of nitrogens with zero attached hydrogens (tertiary/aromatic N) is 1. The molecule has 0 amide bonds. The third kappa shape index (κ3) is 1.77. The van der Waals surface area contributed by atoms with E-state index in [0.29, 0.717) is 5.69 Å². The highest BCUT2D eigenvalue weighted by Gasteiger charge is 2.37. The quantitative estimate of drug-likeness (QED) is 0.837. The first-order valence-electron chi connectivity index (χ1n) is 4.28. The van der Waals surface area contributed by atoms with Crippen LogP contribution in [-0.4, -0.2) is 10.5 Å². The van der Waals surface area contributed by atoms with Gasteiger partial charge in [-0.25, -0.2) is 0 Å². The van der Waals surface area contributed by atoms with Crippen LogP contribution in [0.25, 0.3) is 0 Å². The number of nitrogens with two attached hydrogens (primary N) is 1. The molecule has 0 bridgehead atoms. The lowest BCUT2D eigenvalue weighted by atomic mass is 10.2. The van der Waals surface area contributed by atoms with Gasteiger partial charge in [0.2, 0.25) is 0 Å². The van der Waals surface area contributed by atoms with Gasteiger partial charge in [0.05, 0.1) is 22.0 Å². The zero-order chi connectivity index (χ0) is 9.47. The molecule has 1 saturated carbocycles. The second kappa shape index (κ2) is 2.87. The molecular weight excluding hydrogens is 230 g/mol. The Morgan fingerprint density at radius 1 is 1.54 bits per heavy atom. The van der Waals surface area contributed by atoms with Crippen molar-refractivity contribution in [3.63, 3.8) is 0 Å². The normalized spacial score (nSPS) is 18.3. The van der Waals surface area contributed by atoms with E-state index in [0.717, 1.165) is 10.2 Å². The summed E-state index contributed by atoms with van der Waals surface area (Å²) in [4.78, 5) is 3.98. The number of nitrogens with one attached hydrogen (secondary N) is 1. The molecule has 0 radical (unpaired) electrons. The molecule has 1 fully saturated rings. The monoisotopic (exact) mass is 241 g/mol. The minimum Gasteiger partial charge on any atom is -0.396 e. The molecule has 0 atom stereocenters. The summed E-state index contributed by atoms with van der Waals surface area (Å²) in [7, 11) is 0. The number of halogens is 1. The van der Waals surface area contributed by atoms with Gasteiger partial charge in [0.15, 0.2) is 0 Å². The highest BCUT2D eigenvalue weighted by atomic mass is 79.9. The number of aromatic nitrogens is 1. The van der Waals surface area contributed by atoms with Gasteiger partial charge in [-0.15, -0.1) is 0 Å². The fraction of sp³-hybridized carbons (Fsp3) is 0.444. The van der Waals surface area contributed by atoms with E-state index in [9.17, 15) is 0 Å². The topological polar surface area (TPSA) is 50.9 Å². The second-order valence-electron chi connectivity index (χ2n) is 3.77. The van der Waals surface area contributed by atoms with Crippen molar-refractivity contribution in [2.75, 3.05) is 11.1 Å². The Bertz CT molecular complexity index is 313. The minimum absolute atomic E-state index is 0.248. The standard InChI is InChI=1S/C9H12BrN3/c1-9(2-3-9)13-8-6(10)4-12-5-7(8)11/h4-5H,2-3,11H2,1H3,(H,12,13). The van der Waals surface area contributed by atoms with E-state index >= 15 is 0 Å². The predicted octanol–water partition coefficient (Wildman–Crippen LogP) is 2.39. The lowest BCUT2D eigenvalue weighted by Crippen LogP contribution is -2.17. The molecule has 1 aliphatic rings. The number of hydrogen-bond donors (Lipinski definition) is 2. The fourth-order valence-electron chi connectivity index (χ4n) is 1.20. The second-order valence-corrected chi connectivity index (χ2v) is 4.63. The Morgan fingerprint density at radius 2 is 2.23 bits per heavy atom. The Balaban J connectivity index is 2.28. The third-order valence-electron chi connectivity index (χ3n) is 2.36. The summed E-state index contributed by atoms with van der Waals surface area (Å²) in [6, 6.07) is 0. The third-order valence-corrected chi connectivity index (χ3v) is 2.96. The Kier molecular flexibility index (Phi) is 1.95. The fourth-order valence-corrected chi connectivity index (χ4v) is 1.64. The highest BCUT2D eigenvalue weighted by Crippen LogP contribution is 2.41. The van der Waals surface area contributed by atoms with E-state index in [-0.39, 0.29) is 5.54 Å². The van der Waals surface area contributed by atoms with Crippen LogP contribution in [0.15, 0.2) is 16.9 Å². The van der Waals surface area contributed by atoms with Crippen molar-refractivity contribution in [1.82, 2.24) is 4.98 Å². The molecule has 3 N–H and O–H groups in total. The van der Waals surface area contributed by atoms with E-state index in [1.54, 1.807) is 12.4 Å². The lowest BCUT2D eigenvalue weighted by Gasteiger charge is -2.16. The average molecular weight is 242 g/mol. The van der Waals surface area contributed by atoms with E-state index in [1.807, 2.05) is 0 Å². The maximum Gasteiger partial charge on any atom is 0.0754 e. The van der Waals surface area contributed by atoms with Gasteiger partial charge in [-0.05, 0) is 35.7 Å². The van der Waals surface area contributed by atoms with Crippen LogP contribution in [-0.2, 0) is 0 Å². The summed E-state index contributed by atoms with van der Waals surface area (Å²) in [5.41, 5.74) is 7.71. The van der Waals surface area contributed by atoms with Gasteiger partial charge in [-0.2, -0.15) is 0 Å². The molecule has 3 nitrogen and oxygen atoms in total. The zero-order valence-corrected chi connectivity index (χ0v) is 9.06. The molecule has 0 spiro atoms. The van der Waals surface area contributed by atoms with Gasteiger partial charge in [0, 0.05) is 11.7 Å². The van der Waals surface area contributed by atoms with E-state index in [2.05, 4.69) is 33.2 Å². The summed E-state index contributed by atoms with van der Waals surface area (Å²) < 4.78 is 0.931.